The van der Waals surface area contributed by atoms with Crippen molar-refractivity contribution in [3.8, 4) is 11.6 Å². The molecule has 0 saturated carbocycles. The average Bonchev–Trinajstić information content (AvgIpc) is 3.22. The topological polar surface area (TPSA) is 85.9 Å². The average molecular weight is 394 g/mol. The predicted molar refractivity (Wildman–Crippen MR) is 93.8 cm³/mol. The summed E-state index contributed by atoms with van der Waals surface area (Å²) in [6.07, 6.45) is 0.448. The van der Waals surface area contributed by atoms with Crippen LogP contribution in [0.25, 0.3) is 11.6 Å². The minimum Gasteiger partial charge on any atom is -0.464 e. The van der Waals surface area contributed by atoms with Crippen LogP contribution >= 0.6 is 12.2 Å². The van der Waals surface area contributed by atoms with Crippen molar-refractivity contribution in [1.29, 1.82) is 0 Å². The Hall–Kier alpha value is -2.88. The zero-order valence-electron chi connectivity index (χ0n) is 14.7. The van der Waals surface area contributed by atoms with Crippen molar-refractivity contribution >= 4 is 18.2 Å². The van der Waals surface area contributed by atoms with Crippen LogP contribution < -0.4 is 0 Å². The molecule has 0 aliphatic heterocycles. The highest BCUT2D eigenvalue weighted by molar-refractivity contribution is 7.71. The minimum absolute atomic E-state index is 0.0581. The first-order valence-electron chi connectivity index (χ1n) is 8.05. The number of imidazole rings is 1. The van der Waals surface area contributed by atoms with Crippen LogP contribution in [0.1, 0.15) is 41.3 Å². The fourth-order valence-electron chi connectivity index (χ4n) is 2.88. The molecule has 0 fully saturated rings. The molecule has 3 aromatic rings. The number of carbonyl (C=O) groups excluding carboxylic acids is 1. The smallest absolute Gasteiger partial charge is 0.357 e. The predicted octanol–water partition coefficient (Wildman–Crippen LogP) is 3.97. The molecule has 0 aliphatic carbocycles. The number of nitrogens with one attached hydrogen (secondary N) is 1. The minimum atomic E-state index is -0.986. The van der Waals surface area contributed by atoms with Crippen LogP contribution in [0.5, 0.6) is 0 Å². The third-order valence-electron chi connectivity index (χ3n) is 4.07. The third kappa shape index (κ3) is 3.39. The maximum atomic E-state index is 13.7. The Kier molecular flexibility index (Phi) is 5.17. The molecule has 1 aromatic carbocycles. The molecule has 3 rings (SSSR count). The molecular formula is C17H16F2N4O3S. The van der Waals surface area contributed by atoms with Gasteiger partial charge in [-0.05, 0) is 36.3 Å². The number of aromatic amines is 1. The summed E-state index contributed by atoms with van der Waals surface area (Å²) in [5.74, 6) is -2.26. The number of nitrogens with zero attached hydrogens (tertiary/aromatic N) is 3. The van der Waals surface area contributed by atoms with Crippen molar-refractivity contribution in [2.75, 3.05) is 7.11 Å². The van der Waals surface area contributed by atoms with Gasteiger partial charge in [-0.2, -0.15) is 0 Å². The van der Waals surface area contributed by atoms with Crippen molar-refractivity contribution in [3.05, 3.63) is 51.8 Å². The molecule has 7 nitrogen and oxygen atoms in total. The number of aromatic nitrogens is 4. The van der Waals surface area contributed by atoms with E-state index in [-0.39, 0.29) is 22.0 Å². The van der Waals surface area contributed by atoms with Crippen LogP contribution in [-0.4, -0.2) is 32.8 Å². The second kappa shape index (κ2) is 7.39. The molecular weight excluding hydrogens is 378 g/mol. The first-order chi connectivity index (χ1) is 12.9. The van der Waals surface area contributed by atoms with Gasteiger partial charge in [0.05, 0.1) is 13.2 Å². The zero-order valence-corrected chi connectivity index (χ0v) is 15.6. The summed E-state index contributed by atoms with van der Waals surface area (Å²) in [6.45, 7) is 3.44. The van der Waals surface area contributed by atoms with Crippen molar-refractivity contribution < 1.29 is 22.7 Å². The van der Waals surface area contributed by atoms with Crippen molar-refractivity contribution in [2.45, 2.75) is 26.3 Å². The van der Waals surface area contributed by atoms with Crippen LogP contribution in [0, 0.1) is 23.3 Å². The second-order valence-corrected chi connectivity index (χ2v) is 6.13. The van der Waals surface area contributed by atoms with Crippen LogP contribution in [0.3, 0.4) is 0 Å². The van der Waals surface area contributed by atoms with Gasteiger partial charge in [-0.3, -0.25) is 0 Å². The maximum Gasteiger partial charge on any atom is 0.357 e. The highest BCUT2D eigenvalue weighted by Crippen LogP contribution is 2.31. The molecule has 10 heteroatoms. The molecule has 0 amide bonds. The Bertz CT molecular complexity index is 1060. The van der Waals surface area contributed by atoms with Gasteiger partial charge in [-0.25, -0.2) is 13.6 Å². The van der Waals surface area contributed by atoms with Gasteiger partial charge >= 0.3 is 5.97 Å². The quantitative estimate of drug-likeness (QED) is 0.521. The van der Waals surface area contributed by atoms with Gasteiger partial charge in [0.25, 0.3) is 5.89 Å². The van der Waals surface area contributed by atoms with Crippen LogP contribution in [-0.2, 0) is 4.74 Å². The Balaban J connectivity index is 2.24. The number of benzene rings is 1. The molecule has 2 heterocycles. The van der Waals surface area contributed by atoms with Crippen LogP contribution in [0.2, 0.25) is 0 Å². The van der Waals surface area contributed by atoms with E-state index in [9.17, 15) is 13.6 Å². The van der Waals surface area contributed by atoms with Crippen molar-refractivity contribution in [1.82, 2.24) is 19.7 Å². The largest absolute Gasteiger partial charge is 0.464 e. The lowest BCUT2D eigenvalue weighted by Gasteiger charge is -2.20. The lowest BCUT2D eigenvalue weighted by atomic mass is 10.0. The molecule has 0 aliphatic rings. The molecule has 2 aromatic heterocycles. The molecule has 0 radical (unpaired) electrons. The van der Waals surface area contributed by atoms with Crippen molar-refractivity contribution in [3.63, 3.8) is 0 Å². The maximum absolute atomic E-state index is 13.7. The monoisotopic (exact) mass is 394 g/mol. The summed E-state index contributed by atoms with van der Waals surface area (Å²) in [5.41, 5.74) is 0.709. The van der Waals surface area contributed by atoms with E-state index in [0.29, 0.717) is 17.9 Å². The van der Waals surface area contributed by atoms with E-state index in [4.69, 9.17) is 21.4 Å². The van der Waals surface area contributed by atoms with E-state index in [0.717, 1.165) is 12.1 Å². The second-order valence-electron chi connectivity index (χ2n) is 5.74. The molecule has 1 N–H and O–H groups in total. The summed E-state index contributed by atoms with van der Waals surface area (Å²) in [5, 5.41) is 7.66. The van der Waals surface area contributed by atoms with E-state index < -0.39 is 23.6 Å². The number of esters is 1. The summed E-state index contributed by atoms with van der Waals surface area (Å²) >= 11 is 5.38. The summed E-state index contributed by atoms with van der Waals surface area (Å²) in [7, 11) is 1.23. The number of hydrogen-bond acceptors (Lipinski definition) is 6. The van der Waals surface area contributed by atoms with Gasteiger partial charge in [0, 0.05) is 6.92 Å². The number of hydrogen-bond donors (Lipinski definition) is 1. The standard InChI is InChI=1S/C17H16F2N4O3S/c1-4-12(9-5-6-10(18)11(19)7-9)23-14(16(24)25-3)13(20-17(23)27)15-22-21-8(2)26-15/h5-7,12H,4H2,1-3H3,(H,20,27). The van der Waals surface area contributed by atoms with E-state index in [1.54, 1.807) is 6.92 Å². The fraction of sp³-hybridized carbons (Fsp3) is 0.294. The molecule has 27 heavy (non-hydrogen) atoms. The molecule has 0 saturated heterocycles. The molecule has 0 spiro atoms. The number of halogens is 2. The first-order valence-corrected chi connectivity index (χ1v) is 8.46. The summed E-state index contributed by atoms with van der Waals surface area (Å²) < 4.78 is 39.0. The number of H-pyrrole nitrogens is 1. The summed E-state index contributed by atoms with van der Waals surface area (Å²) in [6, 6.07) is 3.01. The third-order valence-corrected chi connectivity index (χ3v) is 4.37. The number of rotatable bonds is 5. The van der Waals surface area contributed by atoms with E-state index in [1.165, 1.54) is 17.7 Å². The number of aryl methyl sites for hydroxylation is 1. The molecule has 142 valence electrons. The van der Waals surface area contributed by atoms with E-state index in [1.807, 2.05) is 6.92 Å². The fourth-order valence-corrected chi connectivity index (χ4v) is 3.20. The Morgan fingerprint density at radius 2 is 2.11 bits per heavy atom. The Morgan fingerprint density at radius 3 is 2.67 bits per heavy atom. The van der Waals surface area contributed by atoms with Crippen molar-refractivity contribution in [2.24, 2.45) is 0 Å². The first kappa shape index (κ1) is 18.9. The van der Waals surface area contributed by atoms with Crippen LogP contribution in [0.4, 0.5) is 8.78 Å². The van der Waals surface area contributed by atoms with Gasteiger partial charge in [0.1, 0.15) is 5.69 Å². The molecule has 1 unspecified atom stereocenters. The summed E-state index contributed by atoms with van der Waals surface area (Å²) in [4.78, 5) is 15.4. The zero-order chi connectivity index (χ0) is 19.7. The highest BCUT2D eigenvalue weighted by atomic mass is 32.1. The normalized spacial score (nSPS) is 12.2. The number of carbonyl (C=O) groups is 1. The SMILES string of the molecule is CCC(c1ccc(F)c(F)c1)n1c(C(=O)OC)c(-c2nnc(C)o2)[nH]c1=S. The lowest BCUT2D eigenvalue weighted by molar-refractivity contribution is 0.0587. The van der Waals surface area contributed by atoms with Gasteiger partial charge in [-0.1, -0.05) is 13.0 Å². The van der Waals surface area contributed by atoms with Gasteiger partial charge in [0.2, 0.25) is 5.89 Å². The van der Waals surface area contributed by atoms with E-state index in [2.05, 4.69) is 15.2 Å². The Morgan fingerprint density at radius 1 is 1.37 bits per heavy atom. The van der Waals surface area contributed by atoms with Gasteiger partial charge in [-0.15, -0.1) is 10.2 Å². The van der Waals surface area contributed by atoms with Crippen LogP contribution in [0.15, 0.2) is 22.6 Å². The Labute approximate surface area is 158 Å². The van der Waals surface area contributed by atoms with Gasteiger partial charge in [0.15, 0.2) is 22.1 Å². The lowest BCUT2D eigenvalue weighted by Crippen LogP contribution is -2.18. The molecule has 0 bridgehead atoms. The highest BCUT2D eigenvalue weighted by Gasteiger charge is 2.29. The molecule has 1 atom stereocenters. The van der Waals surface area contributed by atoms with Gasteiger partial charge < -0.3 is 18.7 Å². The number of ether oxygens (including phenoxy) is 1. The van der Waals surface area contributed by atoms with E-state index >= 15 is 0 Å². The number of methoxy groups -OCH3 is 1.